The Morgan fingerprint density at radius 2 is 2.00 bits per heavy atom. The summed E-state index contributed by atoms with van der Waals surface area (Å²) in [5.74, 6) is -0.217. The molecule has 0 aliphatic carbocycles. The lowest BCUT2D eigenvalue weighted by atomic mass is 10.2. The van der Waals surface area contributed by atoms with Crippen molar-refractivity contribution in [2.75, 3.05) is 0 Å². The first-order valence-corrected chi connectivity index (χ1v) is 4.09. The van der Waals surface area contributed by atoms with Crippen LogP contribution >= 0.6 is 39.1 Å². The Morgan fingerprint density at radius 3 is 2.00 bits per heavy atom. The van der Waals surface area contributed by atoms with Crippen molar-refractivity contribution >= 4 is 44.9 Å². The molecular formula is C5H7BrCl2O. The van der Waals surface area contributed by atoms with E-state index in [9.17, 15) is 4.79 Å². The van der Waals surface area contributed by atoms with Gasteiger partial charge in [0.2, 0.25) is 0 Å². The van der Waals surface area contributed by atoms with Gasteiger partial charge < -0.3 is 0 Å². The zero-order chi connectivity index (χ0) is 7.65. The van der Waals surface area contributed by atoms with E-state index in [-0.39, 0.29) is 10.6 Å². The number of hydrogen-bond acceptors (Lipinski definition) is 1. The van der Waals surface area contributed by atoms with Gasteiger partial charge in [0.1, 0.15) is 0 Å². The van der Waals surface area contributed by atoms with Gasteiger partial charge in [-0.15, -0.1) is 0 Å². The Balaban J connectivity index is 4.06. The zero-order valence-electron chi connectivity index (χ0n) is 5.12. The Bertz CT molecular complexity index is 117. The van der Waals surface area contributed by atoms with Crippen LogP contribution in [0.1, 0.15) is 13.8 Å². The second-order valence-electron chi connectivity index (χ2n) is 1.87. The molecular weight excluding hydrogens is 227 g/mol. The molecule has 9 heavy (non-hydrogen) atoms. The molecule has 54 valence electrons. The molecule has 0 aliphatic rings. The van der Waals surface area contributed by atoms with Crippen molar-refractivity contribution in [3.05, 3.63) is 0 Å². The fourth-order valence-corrected chi connectivity index (χ4v) is 1.40. The number of ketones is 1. The summed E-state index contributed by atoms with van der Waals surface area (Å²) in [6.07, 6.45) is 0. The lowest BCUT2D eigenvalue weighted by molar-refractivity contribution is -0.118. The van der Waals surface area contributed by atoms with Crippen LogP contribution in [-0.2, 0) is 4.79 Å². The van der Waals surface area contributed by atoms with E-state index >= 15 is 0 Å². The van der Waals surface area contributed by atoms with E-state index in [2.05, 4.69) is 15.9 Å². The van der Waals surface area contributed by atoms with E-state index in [1.165, 1.54) is 6.92 Å². The molecule has 4 heteroatoms. The summed E-state index contributed by atoms with van der Waals surface area (Å²) in [5, 5.41) is 0. The van der Waals surface area contributed by atoms with Gasteiger partial charge in [0.15, 0.2) is 10.1 Å². The molecule has 0 rings (SSSR count). The molecule has 0 heterocycles. The van der Waals surface area contributed by atoms with E-state index in [0.717, 1.165) is 0 Å². The van der Waals surface area contributed by atoms with Gasteiger partial charge in [0, 0.05) is 0 Å². The van der Waals surface area contributed by atoms with E-state index in [1.54, 1.807) is 6.92 Å². The summed E-state index contributed by atoms with van der Waals surface area (Å²) >= 11 is 14.0. The smallest absolute Gasteiger partial charge is 0.181 e. The normalized spacial score (nSPS) is 15.2. The Kier molecular flexibility index (Phi) is 3.48. The molecule has 0 aromatic heterocycles. The topological polar surface area (TPSA) is 17.1 Å². The number of Topliss-reactive ketones (excluding diaryl/α,β-unsaturated/α-hetero) is 1. The van der Waals surface area contributed by atoms with Crippen LogP contribution in [0, 0.1) is 0 Å². The van der Waals surface area contributed by atoms with Crippen LogP contribution in [0.2, 0.25) is 0 Å². The standard InChI is InChI=1S/C5H7BrCl2O/c1-3(6)4(9)5(2,7)8/h3H,1-2H3. The first-order chi connectivity index (χ1) is 3.85. The van der Waals surface area contributed by atoms with E-state index in [1.807, 2.05) is 0 Å². The molecule has 1 atom stereocenters. The molecule has 0 amide bonds. The molecule has 0 spiro atoms. The van der Waals surface area contributed by atoms with Crippen LogP contribution in [-0.4, -0.2) is 14.9 Å². The number of carbonyl (C=O) groups excluding carboxylic acids is 1. The molecule has 0 radical (unpaired) electrons. The SMILES string of the molecule is CC(Br)C(=O)C(C)(Cl)Cl. The Labute approximate surface area is 72.8 Å². The third kappa shape index (κ3) is 3.43. The van der Waals surface area contributed by atoms with Gasteiger partial charge in [-0.05, 0) is 13.8 Å². The third-order valence-corrected chi connectivity index (χ3v) is 1.58. The molecule has 0 aromatic rings. The van der Waals surface area contributed by atoms with Crippen LogP contribution in [0.15, 0.2) is 0 Å². The maximum Gasteiger partial charge on any atom is 0.181 e. The number of halogens is 3. The molecule has 1 nitrogen and oxygen atoms in total. The van der Waals surface area contributed by atoms with Crippen LogP contribution in [0.4, 0.5) is 0 Å². The van der Waals surface area contributed by atoms with Crippen molar-refractivity contribution in [1.29, 1.82) is 0 Å². The number of rotatable bonds is 2. The van der Waals surface area contributed by atoms with Gasteiger partial charge in [0.05, 0.1) is 4.83 Å². The fourth-order valence-electron chi connectivity index (χ4n) is 0.349. The quantitative estimate of drug-likeness (QED) is 0.671. The highest BCUT2D eigenvalue weighted by Crippen LogP contribution is 2.24. The van der Waals surface area contributed by atoms with Crippen LogP contribution in [0.25, 0.3) is 0 Å². The lowest BCUT2D eigenvalue weighted by Crippen LogP contribution is -2.28. The fraction of sp³-hybridized carbons (Fsp3) is 0.800. The monoisotopic (exact) mass is 232 g/mol. The molecule has 0 bridgehead atoms. The lowest BCUT2D eigenvalue weighted by Gasteiger charge is -2.12. The van der Waals surface area contributed by atoms with Gasteiger partial charge in [-0.2, -0.15) is 0 Å². The summed E-state index contributed by atoms with van der Waals surface area (Å²) in [6.45, 7) is 3.14. The molecule has 0 N–H and O–H groups in total. The number of alkyl halides is 3. The highest BCUT2D eigenvalue weighted by molar-refractivity contribution is 9.10. The van der Waals surface area contributed by atoms with Gasteiger partial charge >= 0.3 is 0 Å². The van der Waals surface area contributed by atoms with Crippen LogP contribution < -0.4 is 0 Å². The van der Waals surface area contributed by atoms with E-state index < -0.39 is 4.33 Å². The van der Waals surface area contributed by atoms with Crippen LogP contribution in [0.3, 0.4) is 0 Å². The molecule has 0 aromatic carbocycles. The molecule has 1 unspecified atom stereocenters. The molecule has 0 aliphatic heterocycles. The van der Waals surface area contributed by atoms with Crippen molar-refractivity contribution in [1.82, 2.24) is 0 Å². The van der Waals surface area contributed by atoms with Crippen LogP contribution in [0.5, 0.6) is 0 Å². The summed E-state index contributed by atoms with van der Waals surface area (Å²) < 4.78 is -1.26. The second kappa shape index (κ2) is 3.22. The summed E-state index contributed by atoms with van der Waals surface area (Å²) in [4.78, 5) is 10.6. The van der Waals surface area contributed by atoms with Crippen molar-refractivity contribution in [3.8, 4) is 0 Å². The minimum absolute atomic E-state index is 0.217. The first-order valence-electron chi connectivity index (χ1n) is 2.42. The largest absolute Gasteiger partial charge is 0.295 e. The maximum atomic E-state index is 10.9. The average molecular weight is 234 g/mol. The van der Waals surface area contributed by atoms with Gasteiger partial charge in [0.25, 0.3) is 0 Å². The van der Waals surface area contributed by atoms with E-state index in [4.69, 9.17) is 23.2 Å². The summed E-state index contributed by atoms with van der Waals surface area (Å²) in [7, 11) is 0. The van der Waals surface area contributed by atoms with Crippen molar-refractivity contribution in [2.24, 2.45) is 0 Å². The first kappa shape index (κ1) is 9.73. The molecule has 0 saturated heterocycles. The molecule has 0 fully saturated rings. The molecule has 0 saturated carbocycles. The zero-order valence-corrected chi connectivity index (χ0v) is 8.22. The predicted molar refractivity (Wildman–Crippen MR) is 43.5 cm³/mol. The summed E-state index contributed by atoms with van der Waals surface area (Å²) in [5.41, 5.74) is 0. The van der Waals surface area contributed by atoms with Gasteiger partial charge in [-0.3, -0.25) is 4.79 Å². The van der Waals surface area contributed by atoms with Crippen molar-refractivity contribution in [3.63, 3.8) is 0 Å². The Morgan fingerprint density at radius 1 is 1.67 bits per heavy atom. The minimum atomic E-state index is -1.26. The minimum Gasteiger partial charge on any atom is -0.295 e. The van der Waals surface area contributed by atoms with Gasteiger partial charge in [-0.25, -0.2) is 0 Å². The highest BCUT2D eigenvalue weighted by Gasteiger charge is 2.29. The van der Waals surface area contributed by atoms with E-state index in [0.29, 0.717) is 0 Å². The number of carbonyl (C=O) groups is 1. The van der Waals surface area contributed by atoms with Crippen molar-refractivity contribution in [2.45, 2.75) is 23.0 Å². The predicted octanol–water partition coefficient (Wildman–Crippen LogP) is 2.53. The maximum absolute atomic E-state index is 10.9. The van der Waals surface area contributed by atoms with Crippen molar-refractivity contribution < 1.29 is 4.79 Å². The van der Waals surface area contributed by atoms with Gasteiger partial charge in [-0.1, -0.05) is 39.1 Å². The Hall–Kier alpha value is 0.730. The highest BCUT2D eigenvalue weighted by atomic mass is 79.9. The average Bonchev–Trinajstić information content (AvgIpc) is 1.62. The second-order valence-corrected chi connectivity index (χ2v) is 4.95. The number of hydrogen-bond donors (Lipinski definition) is 0. The summed E-state index contributed by atoms with van der Waals surface area (Å²) in [6, 6.07) is 0. The third-order valence-electron chi connectivity index (χ3n) is 0.794.